The fourth-order valence-corrected chi connectivity index (χ4v) is 2.90. The van der Waals surface area contributed by atoms with E-state index < -0.39 is 24.6 Å². The lowest BCUT2D eigenvalue weighted by atomic mass is 9.98. The maximum Gasteiger partial charge on any atom is 0.451 e. The smallest absolute Gasteiger partial charge is 0.449 e. The minimum absolute atomic E-state index is 0.0277. The first kappa shape index (κ1) is 17.0. The van der Waals surface area contributed by atoms with Crippen molar-refractivity contribution in [3.8, 4) is 11.1 Å². The molecule has 0 radical (unpaired) electrons. The summed E-state index contributed by atoms with van der Waals surface area (Å²) in [7, 11) is 0. The molecule has 3 rings (SSSR count). The number of rotatable bonds is 4. The van der Waals surface area contributed by atoms with Gasteiger partial charge in [-0.25, -0.2) is 4.79 Å². The Morgan fingerprint density at radius 3 is 2.00 bits per heavy atom. The van der Waals surface area contributed by atoms with Gasteiger partial charge in [0.05, 0.1) is 6.54 Å². The Labute approximate surface area is 141 Å². The van der Waals surface area contributed by atoms with Crippen molar-refractivity contribution in [2.45, 2.75) is 12.1 Å². The van der Waals surface area contributed by atoms with Gasteiger partial charge < -0.3 is 10.1 Å². The first-order valence-electron chi connectivity index (χ1n) is 7.57. The Morgan fingerprint density at radius 1 is 0.960 bits per heavy atom. The quantitative estimate of drug-likeness (QED) is 0.917. The highest BCUT2D eigenvalue weighted by Gasteiger charge is 2.38. The van der Waals surface area contributed by atoms with Crippen molar-refractivity contribution in [2.75, 3.05) is 13.2 Å². The molecule has 0 unspecified atom stereocenters. The van der Waals surface area contributed by atoms with E-state index in [-0.39, 0.29) is 12.5 Å². The summed E-state index contributed by atoms with van der Waals surface area (Å²) in [5.74, 6) is -2.22. The zero-order chi connectivity index (χ0) is 18.0. The third-order valence-corrected chi connectivity index (χ3v) is 4.05. The molecule has 1 amide bonds. The zero-order valence-electron chi connectivity index (χ0n) is 13.0. The molecule has 0 aliphatic heterocycles. The number of carbonyl (C=O) groups excluding carboxylic acids is 2. The van der Waals surface area contributed by atoms with Crippen molar-refractivity contribution in [3.05, 3.63) is 59.7 Å². The van der Waals surface area contributed by atoms with Crippen LogP contribution in [0.5, 0.6) is 0 Å². The molecular weight excluding hydrogens is 335 g/mol. The van der Waals surface area contributed by atoms with Crippen molar-refractivity contribution in [1.29, 1.82) is 0 Å². The van der Waals surface area contributed by atoms with Crippen LogP contribution in [0.4, 0.5) is 18.0 Å². The van der Waals surface area contributed by atoms with Gasteiger partial charge in [0.25, 0.3) is 5.78 Å². The van der Waals surface area contributed by atoms with E-state index in [1.165, 1.54) is 0 Å². The van der Waals surface area contributed by atoms with Crippen LogP contribution in [0.2, 0.25) is 0 Å². The van der Waals surface area contributed by atoms with Crippen LogP contribution >= 0.6 is 0 Å². The van der Waals surface area contributed by atoms with Crippen molar-refractivity contribution in [2.24, 2.45) is 0 Å². The average Bonchev–Trinajstić information content (AvgIpc) is 2.91. The van der Waals surface area contributed by atoms with E-state index in [1.54, 1.807) is 0 Å². The molecule has 0 spiro atoms. The molecule has 130 valence electrons. The lowest BCUT2D eigenvalue weighted by molar-refractivity contribution is -0.169. The fourth-order valence-electron chi connectivity index (χ4n) is 2.90. The molecular formula is C18H14F3NO3. The van der Waals surface area contributed by atoms with Gasteiger partial charge in [0.15, 0.2) is 0 Å². The molecule has 1 aliphatic rings. The normalized spacial score (nSPS) is 13.1. The first-order valence-corrected chi connectivity index (χ1v) is 7.57. The van der Waals surface area contributed by atoms with Crippen molar-refractivity contribution >= 4 is 11.9 Å². The van der Waals surface area contributed by atoms with Crippen LogP contribution < -0.4 is 5.32 Å². The van der Waals surface area contributed by atoms with E-state index in [9.17, 15) is 22.8 Å². The monoisotopic (exact) mass is 349 g/mol. The van der Waals surface area contributed by atoms with E-state index in [1.807, 2.05) is 53.8 Å². The van der Waals surface area contributed by atoms with Gasteiger partial charge in [-0.05, 0) is 22.3 Å². The Kier molecular flexibility index (Phi) is 4.48. The number of amides is 1. The Balaban J connectivity index is 1.66. The number of alkyl carbamates (subject to hydrolysis) is 1. The van der Waals surface area contributed by atoms with Gasteiger partial charge in [0.1, 0.15) is 6.61 Å². The molecule has 0 heterocycles. The summed E-state index contributed by atoms with van der Waals surface area (Å²) in [4.78, 5) is 22.4. The molecule has 4 nitrogen and oxygen atoms in total. The molecule has 2 aromatic rings. The van der Waals surface area contributed by atoms with Crippen LogP contribution in [0.15, 0.2) is 48.5 Å². The average molecular weight is 349 g/mol. The third kappa shape index (κ3) is 3.50. The van der Waals surface area contributed by atoms with E-state index >= 15 is 0 Å². The van der Waals surface area contributed by atoms with E-state index in [0.29, 0.717) is 0 Å². The summed E-state index contributed by atoms with van der Waals surface area (Å²) in [5, 5.41) is 1.83. The van der Waals surface area contributed by atoms with Crippen molar-refractivity contribution in [1.82, 2.24) is 5.32 Å². The molecule has 0 atom stereocenters. The third-order valence-electron chi connectivity index (χ3n) is 4.05. The van der Waals surface area contributed by atoms with Gasteiger partial charge in [-0.2, -0.15) is 13.2 Å². The lowest BCUT2D eigenvalue weighted by Crippen LogP contribution is -2.37. The maximum absolute atomic E-state index is 12.1. The molecule has 0 aromatic heterocycles. The summed E-state index contributed by atoms with van der Waals surface area (Å²) in [6.45, 7) is -1.17. The second kappa shape index (κ2) is 6.58. The van der Waals surface area contributed by atoms with Crippen LogP contribution in [-0.4, -0.2) is 31.2 Å². The number of ether oxygens (including phenoxy) is 1. The summed E-state index contributed by atoms with van der Waals surface area (Å²) < 4.78 is 41.4. The van der Waals surface area contributed by atoms with Crippen LogP contribution in [0, 0.1) is 0 Å². The topological polar surface area (TPSA) is 55.4 Å². The molecule has 0 fully saturated rings. The number of nitrogens with one attached hydrogen (secondary N) is 1. The van der Waals surface area contributed by atoms with Crippen LogP contribution in [0.1, 0.15) is 17.0 Å². The highest BCUT2D eigenvalue weighted by Crippen LogP contribution is 2.44. The molecule has 1 aliphatic carbocycles. The number of Topliss-reactive ketones (excluding diaryl/α,β-unsaturated/α-hetero) is 1. The SMILES string of the molecule is O=C(NCC(=O)C(F)(F)F)OCC1c2ccccc2-c2ccccc21. The van der Waals surface area contributed by atoms with Gasteiger partial charge in [0, 0.05) is 5.92 Å². The number of hydrogen-bond donors (Lipinski definition) is 1. The standard InChI is InChI=1S/C18H14F3NO3/c19-18(20,21)16(23)9-22-17(24)25-10-15-13-7-3-1-5-11(13)12-6-2-4-8-14(12)15/h1-8,15H,9-10H2,(H,22,24). The Bertz CT molecular complexity index is 772. The minimum atomic E-state index is -4.98. The van der Waals surface area contributed by atoms with E-state index in [2.05, 4.69) is 0 Å². The Hall–Kier alpha value is -2.83. The summed E-state index contributed by atoms with van der Waals surface area (Å²) in [6.07, 6.45) is -6.03. The fraction of sp³-hybridized carbons (Fsp3) is 0.222. The number of carbonyl (C=O) groups is 2. The molecule has 0 bridgehead atoms. The van der Waals surface area contributed by atoms with Crippen LogP contribution in [-0.2, 0) is 9.53 Å². The molecule has 0 saturated carbocycles. The van der Waals surface area contributed by atoms with Gasteiger partial charge in [-0.1, -0.05) is 48.5 Å². The predicted molar refractivity (Wildman–Crippen MR) is 84.1 cm³/mol. The van der Waals surface area contributed by atoms with Crippen molar-refractivity contribution in [3.63, 3.8) is 0 Å². The highest BCUT2D eigenvalue weighted by molar-refractivity contribution is 5.88. The molecule has 25 heavy (non-hydrogen) atoms. The molecule has 1 N–H and O–H groups in total. The zero-order valence-corrected chi connectivity index (χ0v) is 13.0. The molecule has 7 heteroatoms. The van der Waals surface area contributed by atoms with Crippen molar-refractivity contribution < 1.29 is 27.5 Å². The van der Waals surface area contributed by atoms with Gasteiger partial charge in [0.2, 0.25) is 0 Å². The second-order valence-corrected chi connectivity index (χ2v) is 5.60. The molecule has 2 aromatic carbocycles. The van der Waals surface area contributed by atoms with Crippen LogP contribution in [0.3, 0.4) is 0 Å². The maximum atomic E-state index is 12.1. The number of fused-ring (bicyclic) bond motifs is 3. The number of ketones is 1. The predicted octanol–water partition coefficient (Wildman–Crippen LogP) is 3.66. The highest BCUT2D eigenvalue weighted by atomic mass is 19.4. The minimum Gasteiger partial charge on any atom is -0.449 e. The van der Waals surface area contributed by atoms with E-state index in [4.69, 9.17) is 4.74 Å². The van der Waals surface area contributed by atoms with Crippen LogP contribution in [0.25, 0.3) is 11.1 Å². The molecule has 0 saturated heterocycles. The summed E-state index contributed by atoms with van der Waals surface area (Å²) in [6, 6.07) is 15.4. The lowest BCUT2D eigenvalue weighted by Gasteiger charge is -2.14. The number of hydrogen-bond acceptors (Lipinski definition) is 3. The number of benzene rings is 2. The van der Waals surface area contributed by atoms with Gasteiger partial charge in [-0.3, -0.25) is 4.79 Å². The largest absolute Gasteiger partial charge is 0.451 e. The number of alkyl halides is 3. The first-order chi connectivity index (χ1) is 11.9. The summed E-state index contributed by atoms with van der Waals surface area (Å²) >= 11 is 0. The summed E-state index contributed by atoms with van der Waals surface area (Å²) in [5.41, 5.74) is 4.06. The van der Waals surface area contributed by atoms with Gasteiger partial charge in [-0.15, -0.1) is 0 Å². The second-order valence-electron chi connectivity index (χ2n) is 5.60. The Morgan fingerprint density at radius 2 is 1.48 bits per heavy atom. The number of halogens is 3. The van der Waals surface area contributed by atoms with Gasteiger partial charge >= 0.3 is 12.3 Å². The van der Waals surface area contributed by atoms with E-state index in [0.717, 1.165) is 22.3 Å².